The molecule has 1 fully saturated rings. The lowest BCUT2D eigenvalue weighted by Crippen LogP contribution is -2.52. The fraction of sp³-hybridized carbons (Fsp3) is 0.231. The number of rotatable bonds is 4. The minimum Gasteiger partial charge on any atom is -0.478 e. The molecule has 3 aromatic carbocycles. The number of aromatic carboxylic acids is 1. The number of fused-ring (bicyclic) bond motifs is 2. The third-order valence-corrected chi connectivity index (χ3v) is 6.27. The molecule has 5 rings (SSSR count). The van der Waals surface area contributed by atoms with Crippen LogP contribution in [0.1, 0.15) is 27.9 Å². The van der Waals surface area contributed by atoms with Crippen molar-refractivity contribution in [3.8, 4) is 11.5 Å². The Morgan fingerprint density at radius 2 is 1.94 bits per heavy atom. The van der Waals surface area contributed by atoms with Gasteiger partial charge in [0.25, 0.3) is 0 Å². The van der Waals surface area contributed by atoms with E-state index in [1.165, 1.54) is 0 Å². The zero-order valence-electron chi connectivity index (χ0n) is 18.0. The summed E-state index contributed by atoms with van der Waals surface area (Å²) in [6, 6.07) is 20.9. The maximum absolute atomic E-state index is 11.1. The van der Waals surface area contributed by atoms with Crippen molar-refractivity contribution >= 4 is 29.1 Å². The van der Waals surface area contributed by atoms with Gasteiger partial charge < -0.3 is 20.1 Å². The van der Waals surface area contributed by atoms with Crippen molar-refractivity contribution in [3.05, 3.63) is 88.4 Å². The van der Waals surface area contributed by atoms with Crippen LogP contribution in [0.25, 0.3) is 0 Å². The first kappa shape index (κ1) is 21.5. The van der Waals surface area contributed by atoms with Crippen molar-refractivity contribution < 1.29 is 14.6 Å². The summed E-state index contributed by atoms with van der Waals surface area (Å²) in [6.07, 6.45) is 1.81. The Balaban J connectivity index is 1.36. The molecular formula is C26H24ClN3O3. The topological polar surface area (TPSA) is 74.2 Å². The molecule has 2 heterocycles. The van der Waals surface area contributed by atoms with Crippen molar-refractivity contribution in [3.63, 3.8) is 0 Å². The van der Waals surface area contributed by atoms with Gasteiger partial charge in [0.05, 0.1) is 11.1 Å². The van der Waals surface area contributed by atoms with Crippen LogP contribution in [0, 0.1) is 0 Å². The number of piperazine rings is 1. The SMILES string of the molecule is O=C(O)c1ccc(CCC2CN(C3=Nc4cc(Cl)ccc4Oc4ccccc43)CCN2)cc1. The Bertz CT molecular complexity index is 1210. The van der Waals surface area contributed by atoms with Crippen LogP contribution in [0.3, 0.4) is 0 Å². The third-order valence-electron chi connectivity index (χ3n) is 6.03. The minimum atomic E-state index is -0.901. The molecule has 6 nitrogen and oxygen atoms in total. The number of nitrogens with one attached hydrogen (secondary N) is 1. The normalized spacial score (nSPS) is 17.3. The molecule has 3 aromatic rings. The molecule has 0 amide bonds. The second-order valence-corrected chi connectivity index (χ2v) is 8.72. The minimum absolute atomic E-state index is 0.288. The number of carboxylic acids is 1. The predicted molar refractivity (Wildman–Crippen MR) is 129 cm³/mol. The Morgan fingerprint density at radius 3 is 2.76 bits per heavy atom. The number of ether oxygens (including phenoxy) is 1. The van der Waals surface area contributed by atoms with Gasteiger partial charge in [0.1, 0.15) is 17.3 Å². The highest BCUT2D eigenvalue weighted by Gasteiger charge is 2.27. The van der Waals surface area contributed by atoms with Crippen LogP contribution in [0.2, 0.25) is 5.02 Å². The largest absolute Gasteiger partial charge is 0.478 e. The fourth-order valence-corrected chi connectivity index (χ4v) is 4.47. The molecule has 1 unspecified atom stereocenters. The van der Waals surface area contributed by atoms with Gasteiger partial charge in [0.15, 0.2) is 5.75 Å². The average Bonchev–Trinajstić information content (AvgIpc) is 3.00. The Hall–Kier alpha value is -3.35. The van der Waals surface area contributed by atoms with Gasteiger partial charge in [-0.3, -0.25) is 0 Å². The summed E-state index contributed by atoms with van der Waals surface area (Å²) >= 11 is 6.24. The van der Waals surface area contributed by atoms with Crippen LogP contribution in [0.4, 0.5) is 5.69 Å². The third kappa shape index (κ3) is 4.72. The molecule has 0 aliphatic carbocycles. The number of carbonyl (C=O) groups is 1. The predicted octanol–water partition coefficient (Wildman–Crippen LogP) is 5.13. The second-order valence-electron chi connectivity index (χ2n) is 8.28. The lowest BCUT2D eigenvalue weighted by molar-refractivity contribution is 0.0697. The Morgan fingerprint density at radius 1 is 1.12 bits per heavy atom. The van der Waals surface area contributed by atoms with E-state index >= 15 is 0 Å². The number of nitrogens with zero attached hydrogens (tertiary/aromatic N) is 2. The van der Waals surface area contributed by atoms with Crippen LogP contribution in [-0.2, 0) is 6.42 Å². The molecule has 0 radical (unpaired) electrons. The molecule has 0 spiro atoms. The fourth-order valence-electron chi connectivity index (χ4n) is 4.30. The molecule has 168 valence electrons. The van der Waals surface area contributed by atoms with Gasteiger partial charge >= 0.3 is 5.97 Å². The van der Waals surface area contributed by atoms with Crippen molar-refractivity contribution in [1.82, 2.24) is 10.2 Å². The van der Waals surface area contributed by atoms with E-state index < -0.39 is 5.97 Å². The molecular weight excluding hydrogens is 438 g/mol. The van der Waals surface area contributed by atoms with E-state index in [2.05, 4.69) is 10.2 Å². The first-order valence-corrected chi connectivity index (χ1v) is 11.4. The molecule has 0 bridgehead atoms. The zero-order valence-corrected chi connectivity index (χ0v) is 18.8. The van der Waals surface area contributed by atoms with Crippen molar-refractivity contribution in [2.24, 2.45) is 4.99 Å². The average molecular weight is 462 g/mol. The van der Waals surface area contributed by atoms with Crippen molar-refractivity contribution in [2.45, 2.75) is 18.9 Å². The highest BCUT2D eigenvalue weighted by Crippen LogP contribution is 2.39. The number of hydrogen-bond donors (Lipinski definition) is 2. The maximum atomic E-state index is 11.1. The summed E-state index contributed by atoms with van der Waals surface area (Å²) in [5, 5.41) is 13.3. The van der Waals surface area contributed by atoms with Crippen LogP contribution in [0.5, 0.6) is 11.5 Å². The van der Waals surface area contributed by atoms with E-state index in [0.717, 1.165) is 60.9 Å². The number of hydrogen-bond acceptors (Lipinski definition) is 5. The summed E-state index contributed by atoms with van der Waals surface area (Å²) in [4.78, 5) is 18.4. The Kier molecular flexibility index (Phi) is 6.03. The molecule has 0 saturated carbocycles. The molecule has 7 heteroatoms. The number of aryl methyl sites for hydroxylation is 1. The number of benzene rings is 3. The quantitative estimate of drug-likeness (QED) is 0.563. The lowest BCUT2D eigenvalue weighted by Gasteiger charge is -2.36. The number of halogens is 1. The van der Waals surface area contributed by atoms with E-state index in [1.807, 2.05) is 54.6 Å². The van der Waals surface area contributed by atoms with Gasteiger partial charge in [-0.2, -0.15) is 0 Å². The van der Waals surface area contributed by atoms with E-state index in [4.69, 9.17) is 26.4 Å². The smallest absolute Gasteiger partial charge is 0.335 e. The molecule has 0 aromatic heterocycles. The number of para-hydroxylation sites is 1. The second kappa shape index (κ2) is 9.25. The molecule has 2 aliphatic heterocycles. The summed E-state index contributed by atoms with van der Waals surface area (Å²) in [7, 11) is 0. The highest BCUT2D eigenvalue weighted by atomic mass is 35.5. The zero-order chi connectivity index (χ0) is 22.8. The number of amidine groups is 1. The molecule has 1 atom stereocenters. The first-order chi connectivity index (χ1) is 16.1. The first-order valence-electron chi connectivity index (χ1n) is 11.0. The van der Waals surface area contributed by atoms with Crippen LogP contribution in [0.15, 0.2) is 71.7 Å². The van der Waals surface area contributed by atoms with Crippen molar-refractivity contribution in [2.75, 3.05) is 19.6 Å². The number of aliphatic imine (C=N–C) groups is 1. The molecule has 2 aliphatic rings. The van der Waals surface area contributed by atoms with E-state index in [0.29, 0.717) is 16.3 Å². The number of carboxylic acid groups (broad SMARTS) is 1. The highest BCUT2D eigenvalue weighted by molar-refractivity contribution is 6.31. The van der Waals surface area contributed by atoms with Gasteiger partial charge in [-0.25, -0.2) is 9.79 Å². The van der Waals surface area contributed by atoms with Crippen LogP contribution < -0.4 is 10.1 Å². The summed E-state index contributed by atoms with van der Waals surface area (Å²) in [5.74, 6) is 1.47. The summed E-state index contributed by atoms with van der Waals surface area (Å²) < 4.78 is 6.18. The van der Waals surface area contributed by atoms with Gasteiger partial charge in [0.2, 0.25) is 0 Å². The molecule has 33 heavy (non-hydrogen) atoms. The van der Waals surface area contributed by atoms with Crippen molar-refractivity contribution in [1.29, 1.82) is 0 Å². The van der Waals surface area contributed by atoms with Gasteiger partial charge in [0, 0.05) is 30.7 Å². The maximum Gasteiger partial charge on any atom is 0.335 e. The van der Waals surface area contributed by atoms with E-state index in [1.54, 1.807) is 12.1 Å². The standard InChI is InChI=1S/C26H24ClN3O3/c27-19-10-12-24-22(15-19)29-25(21-3-1-2-4-23(21)33-24)30-14-13-28-20(16-30)11-7-17-5-8-18(9-6-17)26(31)32/h1-6,8-10,12,15,20,28H,7,11,13-14,16H2,(H,31,32). The molecule has 1 saturated heterocycles. The van der Waals surface area contributed by atoms with E-state index in [-0.39, 0.29) is 6.04 Å². The van der Waals surface area contributed by atoms with Gasteiger partial charge in [-0.15, -0.1) is 0 Å². The van der Waals surface area contributed by atoms with E-state index in [9.17, 15) is 4.79 Å². The summed E-state index contributed by atoms with van der Waals surface area (Å²) in [6.45, 7) is 2.51. The Labute approximate surface area is 197 Å². The summed E-state index contributed by atoms with van der Waals surface area (Å²) in [5.41, 5.74) is 3.14. The van der Waals surface area contributed by atoms with Crippen LogP contribution in [-0.4, -0.2) is 47.5 Å². The van der Waals surface area contributed by atoms with Gasteiger partial charge in [-0.05, 0) is 60.9 Å². The lowest BCUT2D eigenvalue weighted by atomic mass is 10.0. The van der Waals surface area contributed by atoms with Gasteiger partial charge in [-0.1, -0.05) is 35.9 Å². The van der Waals surface area contributed by atoms with Crippen LogP contribution >= 0.6 is 11.6 Å². The monoisotopic (exact) mass is 461 g/mol. The molecule has 2 N–H and O–H groups in total.